The summed E-state index contributed by atoms with van der Waals surface area (Å²) in [6.45, 7) is 1.38. The molecule has 1 unspecified atom stereocenters. The second-order valence-electron chi connectivity index (χ2n) is 1.56. The first-order valence-corrected chi connectivity index (χ1v) is 7.79. The van der Waals surface area contributed by atoms with Gasteiger partial charge >= 0.3 is 0 Å². The molecule has 1 atom stereocenters. The molecule has 0 heterocycles. The molecule has 1 N–H and O–H groups in total. The van der Waals surface area contributed by atoms with Gasteiger partial charge in [0.1, 0.15) is 0 Å². The number of hydrogen-bond acceptors (Lipinski definition) is 4. The predicted octanol–water partition coefficient (Wildman–Crippen LogP) is -0.911. The van der Waals surface area contributed by atoms with Gasteiger partial charge in [-0.05, 0) is 6.66 Å². The molecule has 0 aliphatic rings. The summed E-state index contributed by atoms with van der Waals surface area (Å²) in [7, 11) is -7.67. The van der Waals surface area contributed by atoms with Crippen LogP contribution in [0.15, 0.2) is 0 Å². The Balaban J connectivity index is 4.49. The molecule has 0 amide bonds. The smallest absolute Gasteiger partial charge is 0.212 e. The maximum Gasteiger partial charge on any atom is 0.237 e. The van der Waals surface area contributed by atoms with Crippen molar-refractivity contribution in [3.8, 4) is 0 Å². The zero-order valence-corrected chi connectivity index (χ0v) is 8.08. The molecule has 0 rings (SSSR count). The number of nitrogens with one attached hydrogen (secondary N) is 1. The van der Waals surface area contributed by atoms with Crippen molar-refractivity contribution in [3.05, 3.63) is 0 Å². The van der Waals surface area contributed by atoms with E-state index in [9.17, 15) is 16.8 Å². The Labute approximate surface area is 61.8 Å². The fraction of sp³-hybridized carbons (Fsp3) is 1.00. The van der Waals surface area contributed by atoms with Gasteiger partial charge in [-0.1, -0.05) is 0 Å². The molecule has 0 radical (unpaired) electrons. The highest BCUT2D eigenvalue weighted by atomic mass is 32.8. The zero-order chi connectivity index (χ0) is 8.41. The second-order valence-corrected chi connectivity index (χ2v) is 8.03. The molecule has 0 spiro atoms. The van der Waals surface area contributed by atoms with E-state index >= 15 is 0 Å². The minimum absolute atomic E-state index is 0.460. The van der Waals surface area contributed by atoms with Crippen LogP contribution in [-0.2, 0) is 19.7 Å². The van der Waals surface area contributed by atoms with Gasteiger partial charge in [0, 0.05) is 7.78 Å². The molecule has 0 aromatic rings. The highest BCUT2D eigenvalue weighted by molar-refractivity contribution is 8.44. The number of rotatable bonds is 3. The molecule has 0 saturated heterocycles. The van der Waals surface area contributed by atoms with E-state index in [1.165, 1.54) is 10.8 Å². The highest BCUT2D eigenvalue weighted by Gasteiger charge is 2.12. The van der Waals surface area contributed by atoms with Gasteiger partial charge in [-0.2, -0.15) is 0 Å². The van der Waals surface area contributed by atoms with Crippen LogP contribution in [0.3, 0.4) is 0 Å². The first-order chi connectivity index (χ1) is 4.27. The fourth-order valence-corrected chi connectivity index (χ4v) is 4.28. The minimum atomic E-state index is -3.62. The van der Waals surface area contributed by atoms with E-state index in [-0.39, 0.29) is 0 Å². The molecule has 62 valence electrons. The first kappa shape index (κ1) is 10.3. The Kier molecular flexibility index (Phi) is 3.22. The van der Waals surface area contributed by atoms with Crippen LogP contribution in [0, 0.1) is 0 Å². The lowest BCUT2D eigenvalue weighted by Gasteiger charge is -1.98. The molecule has 0 saturated carbocycles. The molecule has 8 heteroatoms. The molecule has 0 fully saturated rings. The van der Waals surface area contributed by atoms with E-state index in [2.05, 4.69) is 0 Å². The lowest BCUT2D eigenvalue weighted by atomic mass is 12.0. The summed E-state index contributed by atoms with van der Waals surface area (Å²) >= 11 is 0. The Bertz CT molecular complexity index is 289. The Morgan fingerprint density at radius 3 is 1.70 bits per heavy atom. The molecule has 0 aliphatic heterocycles. The molecule has 0 bridgehead atoms. The molecule has 0 aromatic carbocycles. The van der Waals surface area contributed by atoms with Crippen molar-refractivity contribution >= 4 is 27.4 Å². The minimum Gasteiger partial charge on any atom is -0.212 e. The fourth-order valence-electron chi connectivity index (χ4n) is 0.241. The molecule has 0 aromatic heterocycles. The molecule has 0 aliphatic carbocycles. The van der Waals surface area contributed by atoms with Crippen LogP contribution >= 0.6 is 7.78 Å². The van der Waals surface area contributed by atoms with Gasteiger partial charge in [-0.15, -0.1) is 4.13 Å². The van der Waals surface area contributed by atoms with Gasteiger partial charge < -0.3 is 0 Å². The quantitative estimate of drug-likeness (QED) is 0.605. The summed E-state index contributed by atoms with van der Waals surface area (Å²) in [5.41, 5.74) is 0. The lowest BCUT2D eigenvalue weighted by molar-refractivity contribution is 0.588. The molecular formula is C2H8NO4PS2. The summed E-state index contributed by atoms with van der Waals surface area (Å²) in [6.07, 6.45) is 0.796. The van der Waals surface area contributed by atoms with Gasteiger partial charge in [0.05, 0.1) is 6.26 Å². The van der Waals surface area contributed by atoms with Crippen LogP contribution in [0.1, 0.15) is 0 Å². The van der Waals surface area contributed by atoms with Crippen LogP contribution in [0.2, 0.25) is 0 Å². The van der Waals surface area contributed by atoms with E-state index in [1.807, 2.05) is 0 Å². The summed E-state index contributed by atoms with van der Waals surface area (Å²) in [4.78, 5) is 0. The van der Waals surface area contributed by atoms with Crippen LogP contribution in [0.25, 0.3) is 0 Å². The van der Waals surface area contributed by atoms with Crippen molar-refractivity contribution in [1.29, 1.82) is 0 Å². The third-order valence-corrected chi connectivity index (χ3v) is 5.52. The van der Waals surface area contributed by atoms with E-state index in [1.54, 1.807) is 0 Å². The monoisotopic (exact) mass is 205 g/mol. The summed E-state index contributed by atoms with van der Waals surface area (Å²) in [5, 5.41) is 0. The van der Waals surface area contributed by atoms with E-state index in [4.69, 9.17) is 0 Å². The van der Waals surface area contributed by atoms with Crippen LogP contribution in [-0.4, -0.2) is 29.8 Å². The first-order valence-electron chi connectivity index (χ1n) is 2.19. The summed E-state index contributed by atoms with van der Waals surface area (Å²) in [5.74, 6) is 0. The Hall–Kier alpha value is 0.290. The maximum atomic E-state index is 10.5. The predicted molar refractivity (Wildman–Crippen MR) is 41.1 cm³/mol. The van der Waals surface area contributed by atoms with Crippen molar-refractivity contribution in [2.24, 2.45) is 0 Å². The van der Waals surface area contributed by atoms with Gasteiger partial charge in [0.2, 0.25) is 19.7 Å². The maximum absolute atomic E-state index is 10.5. The average molecular weight is 205 g/mol. The Morgan fingerprint density at radius 2 is 1.60 bits per heavy atom. The molecule has 5 nitrogen and oxygen atoms in total. The van der Waals surface area contributed by atoms with E-state index < -0.39 is 27.4 Å². The van der Waals surface area contributed by atoms with Gasteiger partial charge in [-0.3, -0.25) is 0 Å². The standard InChI is InChI=1S/C2H8NO4PS2/c1-8-10(6,7)3-9(2,4)5/h3,8H,1-2H3. The van der Waals surface area contributed by atoms with Crippen molar-refractivity contribution < 1.29 is 16.8 Å². The highest BCUT2D eigenvalue weighted by Crippen LogP contribution is 2.12. The van der Waals surface area contributed by atoms with Crippen LogP contribution < -0.4 is 4.13 Å². The summed E-state index contributed by atoms with van der Waals surface area (Å²) in [6, 6.07) is 0. The third-order valence-electron chi connectivity index (χ3n) is 0.530. The van der Waals surface area contributed by atoms with Gasteiger partial charge in [0.15, 0.2) is 0 Å². The van der Waals surface area contributed by atoms with Crippen LogP contribution in [0.4, 0.5) is 0 Å². The Morgan fingerprint density at radius 1 is 1.20 bits per heavy atom. The normalized spacial score (nSPS) is 14.6. The number of sulfonamides is 1. The van der Waals surface area contributed by atoms with Gasteiger partial charge in [0.25, 0.3) is 0 Å². The average Bonchev–Trinajstić information content (AvgIpc) is 1.60. The lowest BCUT2D eigenvalue weighted by Crippen LogP contribution is -2.25. The largest absolute Gasteiger partial charge is 0.237 e. The molecule has 10 heavy (non-hydrogen) atoms. The molecular weight excluding hydrogens is 197 g/mol. The van der Waals surface area contributed by atoms with Crippen molar-refractivity contribution in [3.63, 3.8) is 0 Å². The third kappa shape index (κ3) is 5.10. The number of hydrogen-bond donors (Lipinski definition) is 1. The van der Waals surface area contributed by atoms with Gasteiger partial charge in [-0.25, -0.2) is 16.8 Å². The van der Waals surface area contributed by atoms with E-state index in [0.29, 0.717) is 0 Å². The SMILES string of the molecule is CPS(=O)(=O)NS(C)(=O)=O. The van der Waals surface area contributed by atoms with Crippen molar-refractivity contribution in [2.75, 3.05) is 12.9 Å². The van der Waals surface area contributed by atoms with Crippen molar-refractivity contribution in [2.45, 2.75) is 0 Å². The van der Waals surface area contributed by atoms with E-state index in [0.717, 1.165) is 6.26 Å². The van der Waals surface area contributed by atoms with Crippen molar-refractivity contribution in [1.82, 2.24) is 4.13 Å². The second kappa shape index (κ2) is 3.13. The topological polar surface area (TPSA) is 80.3 Å². The summed E-state index contributed by atoms with van der Waals surface area (Å²) < 4.78 is 43.2. The van der Waals surface area contributed by atoms with Crippen LogP contribution in [0.5, 0.6) is 0 Å². The zero-order valence-electron chi connectivity index (χ0n) is 5.45.